The molecule has 2 N–H and O–H groups in total. The van der Waals surface area contributed by atoms with Crippen molar-refractivity contribution in [2.24, 2.45) is 0 Å². The first-order valence-corrected chi connectivity index (χ1v) is 13.6. The fourth-order valence-electron chi connectivity index (χ4n) is 6.13. The minimum atomic E-state index is -0.512. The van der Waals surface area contributed by atoms with Crippen molar-refractivity contribution < 1.29 is 13.9 Å². The van der Waals surface area contributed by atoms with E-state index in [1.165, 1.54) is 44.2 Å². The molecule has 0 radical (unpaired) electrons. The van der Waals surface area contributed by atoms with E-state index in [4.69, 9.17) is 4.74 Å². The summed E-state index contributed by atoms with van der Waals surface area (Å²) < 4.78 is 19.5. The number of piperidine rings is 1. The Labute approximate surface area is 214 Å². The monoisotopic (exact) mass is 494 g/mol. The van der Waals surface area contributed by atoms with Crippen LogP contribution in [0, 0.1) is 5.82 Å². The fraction of sp³-hybridized carbons (Fsp3) is 0.552. The van der Waals surface area contributed by atoms with Gasteiger partial charge in [-0.25, -0.2) is 4.39 Å². The number of benzene rings is 2. The standard InChI is InChI=1S/C29H39FN4O2/c30-27-7-3-2-6-26(27)28(35)32-24-8-10-25(11-9-24)33-16-12-23(13-17-33)31-22-29(14-4-1-5-15-29)34-18-20-36-21-19-34/h2-3,6-11,23,31H,1,4-5,12-22H2,(H,32,35). The number of halogens is 1. The second kappa shape index (κ2) is 11.7. The first kappa shape index (κ1) is 25.2. The van der Waals surface area contributed by atoms with Crippen LogP contribution in [0.4, 0.5) is 15.8 Å². The summed E-state index contributed by atoms with van der Waals surface area (Å²) >= 11 is 0. The molecule has 36 heavy (non-hydrogen) atoms. The molecule has 2 heterocycles. The van der Waals surface area contributed by atoms with Crippen LogP contribution in [0.3, 0.4) is 0 Å². The predicted octanol–water partition coefficient (Wildman–Crippen LogP) is 4.67. The van der Waals surface area contributed by atoms with Gasteiger partial charge in [0.15, 0.2) is 0 Å². The molecular weight excluding hydrogens is 455 g/mol. The van der Waals surface area contributed by atoms with Gasteiger partial charge < -0.3 is 20.3 Å². The number of hydrogen-bond donors (Lipinski definition) is 2. The lowest BCUT2D eigenvalue weighted by Crippen LogP contribution is -2.60. The van der Waals surface area contributed by atoms with Crippen LogP contribution in [0.15, 0.2) is 48.5 Å². The third-order valence-electron chi connectivity index (χ3n) is 8.29. The van der Waals surface area contributed by atoms with Crippen LogP contribution in [0.5, 0.6) is 0 Å². The normalized spacial score (nSPS) is 21.3. The van der Waals surface area contributed by atoms with Gasteiger partial charge >= 0.3 is 0 Å². The van der Waals surface area contributed by atoms with Crippen LogP contribution in [0.2, 0.25) is 0 Å². The Balaban J connectivity index is 1.11. The van der Waals surface area contributed by atoms with Gasteiger partial charge in [-0.2, -0.15) is 0 Å². The molecule has 0 bridgehead atoms. The number of anilines is 2. The molecule has 2 aromatic rings. The summed E-state index contributed by atoms with van der Waals surface area (Å²) in [6.07, 6.45) is 8.92. The molecular formula is C29H39FN4O2. The lowest BCUT2D eigenvalue weighted by atomic mass is 9.79. The molecule has 0 spiro atoms. The summed E-state index contributed by atoms with van der Waals surface area (Å²) in [5.74, 6) is -0.942. The van der Waals surface area contributed by atoms with Gasteiger partial charge in [-0.1, -0.05) is 31.4 Å². The van der Waals surface area contributed by atoms with E-state index in [9.17, 15) is 9.18 Å². The Hall–Kier alpha value is -2.48. The number of amides is 1. The number of carbonyl (C=O) groups excluding carboxylic acids is 1. The number of morpholine rings is 1. The van der Waals surface area contributed by atoms with Gasteiger partial charge in [-0.15, -0.1) is 0 Å². The molecule has 1 saturated carbocycles. The van der Waals surface area contributed by atoms with Gasteiger partial charge in [0.1, 0.15) is 5.82 Å². The van der Waals surface area contributed by atoms with Crippen molar-refractivity contribution in [2.45, 2.75) is 56.5 Å². The van der Waals surface area contributed by atoms with Gasteiger partial charge in [0, 0.05) is 55.7 Å². The van der Waals surface area contributed by atoms with Gasteiger partial charge in [-0.3, -0.25) is 9.69 Å². The van der Waals surface area contributed by atoms with Crippen LogP contribution < -0.4 is 15.5 Å². The van der Waals surface area contributed by atoms with E-state index in [-0.39, 0.29) is 5.56 Å². The summed E-state index contributed by atoms with van der Waals surface area (Å²) in [6.45, 7) is 6.99. The third kappa shape index (κ3) is 5.90. The van der Waals surface area contributed by atoms with E-state index in [2.05, 4.69) is 20.4 Å². The minimum Gasteiger partial charge on any atom is -0.379 e. The van der Waals surface area contributed by atoms with Crippen LogP contribution in [-0.2, 0) is 4.74 Å². The Kier molecular flexibility index (Phi) is 8.19. The lowest BCUT2D eigenvalue weighted by molar-refractivity contribution is -0.0379. The van der Waals surface area contributed by atoms with Crippen LogP contribution >= 0.6 is 0 Å². The molecule has 1 amide bonds. The van der Waals surface area contributed by atoms with Crippen LogP contribution in [0.1, 0.15) is 55.3 Å². The number of rotatable bonds is 7. The highest BCUT2D eigenvalue weighted by Crippen LogP contribution is 2.34. The topological polar surface area (TPSA) is 56.8 Å². The lowest BCUT2D eigenvalue weighted by Gasteiger charge is -2.49. The zero-order chi connectivity index (χ0) is 24.8. The molecule has 1 aliphatic carbocycles. The maximum Gasteiger partial charge on any atom is 0.258 e. The summed E-state index contributed by atoms with van der Waals surface area (Å²) in [4.78, 5) is 17.5. The van der Waals surface area contributed by atoms with E-state index in [0.29, 0.717) is 17.3 Å². The van der Waals surface area contributed by atoms with Crippen molar-refractivity contribution in [2.75, 3.05) is 56.2 Å². The molecule has 2 aromatic carbocycles. The molecule has 7 heteroatoms. The maximum atomic E-state index is 13.9. The molecule has 194 valence electrons. The molecule has 2 saturated heterocycles. The summed E-state index contributed by atoms with van der Waals surface area (Å²) in [5.41, 5.74) is 2.20. The number of nitrogens with one attached hydrogen (secondary N) is 2. The summed E-state index contributed by atoms with van der Waals surface area (Å²) in [5, 5.41) is 6.76. The van der Waals surface area contributed by atoms with Crippen molar-refractivity contribution in [3.8, 4) is 0 Å². The number of ether oxygens (including phenoxy) is 1. The number of carbonyl (C=O) groups is 1. The molecule has 0 atom stereocenters. The SMILES string of the molecule is O=C(Nc1ccc(N2CCC(NCC3(N4CCOCC4)CCCCC3)CC2)cc1)c1ccccc1F. The third-order valence-corrected chi connectivity index (χ3v) is 8.29. The molecule has 5 rings (SSSR count). The highest BCUT2D eigenvalue weighted by Gasteiger charge is 2.39. The van der Waals surface area contributed by atoms with Crippen molar-refractivity contribution in [3.05, 3.63) is 59.9 Å². The van der Waals surface area contributed by atoms with E-state index in [1.807, 2.05) is 24.3 Å². The van der Waals surface area contributed by atoms with E-state index >= 15 is 0 Å². The molecule has 3 fully saturated rings. The Bertz CT molecular complexity index is 995. The molecule has 6 nitrogen and oxygen atoms in total. The van der Waals surface area contributed by atoms with E-state index < -0.39 is 11.7 Å². The van der Waals surface area contributed by atoms with Crippen molar-refractivity contribution in [3.63, 3.8) is 0 Å². The highest BCUT2D eigenvalue weighted by atomic mass is 19.1. The van der Waals surface area contributed by atoms with Crippen molar-refractivity contribution in [1.82, 2.24) is 10.2 Å². The smallest absolute Gasteiger partial charge is 0.258 e. The Morgan fingerprint density at radius 3 is 2.33 bits per heavy atom. The molecule has 0 aromatic heterocycles. The zero-order valence-corrected chi connectivity index (χ0v) is 21.2. The largest absolute Gasteiger partial charge is 0.379 e. The summed E-state index contributed by atoms with van der Waals surface area (Å²) in [7, 11) is 0. The van der Waals surface area contributed by atoms with Gasteiger partial charge in [-0.05, 0) is 62.1 Å². The van der Waals surface area contributed by atoms with Gasteiger partial charge in [0.2, 0.25) is 0 Å². The zero-order valence-electron chi connectivity index (χ0n) is 21.2. The second-order valence-corrected chi connectivity index (χ2v) is 10.5. The van der Waals surface area contributed by atoms with E-state index in [1.54, 1.807) is 12.1 Å². The first-order chi connectivity index (χ1) is 17.6. The van der Waals surface area contributed by atoms with Crippen LogP contribution in [0.25, 0.3) is 0 Å². The maximum absolute atomic E-state index is 13.9. The second-order valence-electron chi connectivity index (χ2n) is 10.5. The predicted molar refractivity (Wildman–Crippen MR) is 142 cm³/mol. The van der Waals surface area contributed by atoms with Gasteiger partial charge in [0.25, 0.3) is 5.91 Å². The van der Waals surface area contributed by atoms with Gasteiger partial charge in [0.05, 0.1) is 18.8 Å². The van der Waals surface area contributed by atoms with Crippen molar-refractivity contribution in [1.29, 1.82) is 0 Å². The minimum absolute atomic E-state index is 0.0553. The average molecular weight is 495 g/mol. The summed E-state index contributed by atoms with van der Waals surface area (Å²) in [6, 6.07) is 14.5. The first-order valence-electron chi connectivity index (χ1n) is 13.6. The number of nitrogens with zero attached hydrogens (tertiary/aromatic N) is 2. The van der Waals surface area contributed by atoms with Crippen molar-refractivity contribution >= 4 is 17.3 Å². The Morgan fingerprint density at radius 1 is 0.944 bits per heavy atom. The Morgan fingerprint density at radius 2 is 1.64 bits per heavy atom. The fourth-order valence-corrected chi connectivity index (χ4v) is 6.13. The molecule has 2 aliphatic heterocycles. The van der Waals surface area contributed by atoms with Crippen LogP contribution in [-0.4, -0.2) is 68.3 Å². The highest BCUT2D eigenvalue weighted by molar-refractivity contribution is 6.04. The molecule has 0 unspecified atom stereocenters. The quantitative estimate of drug-likeness (QED) is 0.586. The van der Waals surface area contributed by atoms with E-state index in [0.717, 1.165) is 64.5 Å². The number of hydrogen-bond acceptors (Lipinski definition) is 5. The average Bonchev–Trinajstić information content (AvgIpc) is 2.94. The molecule has 3 aliphatic rings.